The number of carbonyl (C=O) groups is 1. The third-order valence-electron chi connectivity index (χ3n) is 5.13. The van der Waals surface area contributed by atoms with Gasteiger partial charge in [0.1, 0.15) is 36.3 Å². The second kappa shape index (κ2) is 9.40. The topological polar surface area (TPSA) is 95.3 Å². The number of hydrogen-bond acceptors (Lipinski definition) is 7. The first-order chi connectivity index (χ1) is 15.8. The minimum atomic E-state index is -0.507. The van der Waals surface area contributed by atoms with E-state index in [1.165, 1.54) is 6.33 Å². The van der Waals surface area contributed by atoms with E-state index < -0.39 is 5.60 Å². The van der Waals surface area contributed by atoms with Crippen LogP contribution in [-0.2, 0) is 11.3 Å². The van der Waals surface area contributed by atoms with Gasteiger partial charge in [-0.1, -0.05) is 13.0 Å². The Balaban J connectivity index is 1.34. The van der Waals surface area contributed by atoms with Gasteiger partial charge in [0.05, 0.1) is 11.4 Å². The highest BCUT2D eigenvalue weighted by atomic mass is 16.6. The second-order valence-corrected chi connectivity index (χ2v) is 8.98. The largest absolute Gasteiger partial charge is 0.487 e. The highest BCUT2D eigenvalue weighted by Crippen LogP contribution is 2.27. The van der Waals surface area contributed by atoms with E-state index in [0.717, 1.165) is 28.4 Å². The van der Waals surface area contributed by atoms with Crippen LogP contribution < -0.4 is 4.74 Å². The number of aromatic nitrogens is 5. The van der Waals surface area contributed by atoms with E-state index in [1.54, 1.807) is 15.9 Å². The van der Waals surface area contributed by atoms with Gasteiger partial charge in [0.25, 0.3) is 0 Å². The molecular formula is C24H28N6O3. The fraction of sp³-hybridized carbons (Fsp3) is 0.375. The Kier molecular flexibility index (Phi) is 6.39. The van der Waals surface area contributed by atoms with Gasteiger partial charge >= 0.3 is 6.09 Å². The van der Waals surface area contributed by atoms with E-state index >= 15 is 0 Å². The molecule has 3 heterocycles. The van der Waals surface area contributed by atoms with Crippen molar-refractivity contribution < 1.29 is 14.3 Å². The molecule has 9 heteroatoms. The Labute approximate surface area is 193 Å². The molecule has 0 aliphatic carbocycles. The molecule has 1 aromatic carbocycles. The molecule has 2 aromatic heterocycles. The molecule has 1 unspecified atom stereocenters. The molecule has 4 rings (SSSR count). The van der Waals surface area contributed by atoms with Gasteiger partial charge in [-0.25, -0.2) is 14.5 Å². The summed E-state index contributed by atoms with van der Waals surface area (Å²) in [6.07, 6.45) is 4.87. The summed E-state index contributed by atoms with van der Waals surface area (Å²) in [4.78, 5) is 18.0. The predicted octanol–water partition coefficient (Wildman–Crippen LogP) is 3.91. The monoisotopic (exact) mass is 448 g/mol. The van der Waals surface area contributed by atoms with Crippen LogP contribution in [0.4, 0.5) is 4.79 Å². The van der Waals surface area contributed by atoms with Crippen molar-refractivity contribution >= 4 is 11.7 Å². The molecule has 33 heavy (non-hydrogen) atoms. The minimum Gasteiger partial charge on any atom is -0.487 e. The highest BCUT2D eigenvalue weighted by Gasteiger charge is 2.27. The third-order valence-corrected chi connectivity index (χ3v) is 5.13. The molecule has 1 aliphatic rings. The van der Waals surface area contributed by atoms with E-state index in [4.69, 9.17) is 9.47 Å². The van der Waals surface area contributed by atoms with Gasteiger partial charge in [-0.05, 0) is 62.7 Å². The number of nitrogens with zero attached hydrogens (tertiary/aromatic N) is 6. The summed E-state index contributed by atoms with van der Waals surface area (Å²) in [5.41, 5.74) is 3.03. The Hall–Kier alpha value is -3.75. The van der Waals surface area contributed by atoms with Crippen molar-refractivity contribution in [3.05, 3.63) is 66.5 Å². The maximum Gasteiger partial charge on any atom is 0.410 e. The van der Waals surface area contributed by atoms with Crippen molar-refractivity contribution in [3.8, 4) is 11.4 Å². The zero-order chi connectivity index (χ0) is 23.4. The van der Waals surface area contributed by atoms with Gasteiger partial charge in [-0.15, -0.1) is 0 Å². The van der Waals surface area contributed by atoms with E-state index in [2.05, 4.69) is 27.2 Å². The average molecular weight is 449 g/mol. The van der Waals surface area contributed by atoms with Gasteiger partial charge in [0.15, 0.2) is 0 Å². The summed E-state index contributed by atoms with van der Waals surface area (Å²) in [6.45, 7) is 9.07. The van der Waals surface area contributed by atoms with Crippen molar-refractivity contribution in [1.82, 2.24) is 29.9 Å². The van der Waals surface area contributed by atoms with Crippen LogP contribution in [0.5, 0.6) is 5.75 Å². The number of carbonyl (C=O) groups excluding carboxylic acids is 1. The summed E-state index contributed by atoms with van der Waals surface area (Å²) in [7, 11) is 0. The zero-order valence-corrected chi connectivity index (χ0v) is 19.3. The Morgan fingerprint density at radius 1 is 1.12 bits per heavy atom. The molecule has 1 atom stereocenters. The van der Waals surface area contributed by atoms with Crippen LogP contribution in [0.25, 0.3) is 11.3 Å². The number of ether oxygens (including phenoxy) is 2. The first-order valence-corrected chi connectivity index (χ1v) is 10.9. The third kappa shape index (κ3) is 5.74. The molecular weight excluding hydrogens is 420 g/mol. The molecule has 0 saturated carbocycles. The normalized spacial score (nSPS) is 16.3. The van der Waals surface area contributed by atoms with E-state index in [9.17, 15) is 4.79 Å². The van der Waals surface area contributed by atoms with Crippen molar-refractivity contribution in [3.63, 3.8) is 0 Å². The van der Waals surface area contributed by atoms with Crippen molar-refractivity contribution in [2.45, 2.75) is 39.9 Å². The Morgan fingerprint density at radius 3 is 2.52 bits per heavy atom. The van der Waals surface area contributed by atoms with Crippen LogP contribution in [0.2, 0.25) is 0 Å². The van der Waals surface area contributed by atoms with Crippen LogP contribution in [0.1, 0.15) is 39.1 Å². The van der Waals surface area contributed by atoms with Crippen LogP contribution in [0.15, 0.2) is 55.1 Å². The van der Waals surface area contributed by atoms with E-state index in [0.29, 0.717) is 19.7 Å². The number of benzene rings is 1. The highest BCUT2D eigenvalue weighted by molar-refractivity contribution is 5.72. The molecule has 0 fully saturated rings. The maximum atomic E-state index is 12.3. The van der Waals surface area contributed by atoms with Gasteiger partial charge < -0.3 is 14.4 Å². The molecule has 0 N–H and O–H groups in total. The molecule has 0 bridgehead atoms. The number of hydrogen-bond donors (Lipinski definition) is 0. The van der Waals surface area contributed by atoms with E-state index in [-0.39, 0.29) is 12.0 Å². The summed E-state index contributed by atoms with van der Waals surface area (Å²) in [6, 6.07) is 11.4. The molecule has 0 spiro atoms. The van der Waals surface area contributed by atoms with Crippen molar-refractivity contribution in [1.29, 1.82) is 0 Å². The molecule has 9 nitrogen and oxygen atoms in total. The molecule has 3 aromatic rings. The fourth-order valence-electron chi connectivity index (χ4n) is 3.53. The Bertz CT molecular complexity index is 1100. The van der Waals surface area contributed by atoms with Crippen LogP contribution in [0, 0.1) is 5.92 Å². The van der Waals surface area contributed by atoms with Crippen LogP contribution in [-0.4, -0.2) is 54.6 Å². The fourth-order valence-corrected chi connectivity index (χ4v) is 3.53. The molecule has 1 amide bonds. The smallest absolute Gasteiger partial charge is 0.410 e. The quantitative estimate of drug-likeness (QED) is 0.584. The van der Waals surface area contributed by atoms with Crippen LogP contribution in [0.3, 0.4) is 0 Å². The summed E-state index contributed by atoms with van der Waals surface area (Å²) < 4.78 is 13.0. The number of rotatable bonds is 5. The molecule has 0 radical (unpaired) electrons. The number of amides is 1. The van der Waals surface area contributed by atoms with Gasteiger partial charge in [-0.2, -0.15) is 15.3 Å². The molecule has 1 aliphatic heterocycles. The lowest BCUT2D eigenvalue weighted by molar-refractivity contribution is 0.0251. The first kappa shape index (κ1) is 22.4. The average Bonchev–Trinajstić information content (AvgIpc) is 3.32. The van der Waals surface area contributed by atoms with Gasteiger partial charge in [-0.3, -0.25) is 0 Å². The van der Waals surface area contributed by atoms with Crippen molar-refractivity contribution in [2.75, 3.05) is 13.1 Å². The first-order valence-electron chi connectivity index (χ1n) is 10.9. The van der Waals surface area contributed by atoms with Crippen molar-refractivity contribution in [2.24, 2.45) is 5.92 Å². The Morgan fingerprint density at radius 2 is 1.91 bits per heavy atom. The molecule has 172 valence electrons. The SMILES string of the molecule is CC1CN(C(=O)OC(C)(C)C)CC=C1c1ccc(COc2ccc(-n3cncn3)cc2)nn1. The zero-order valence-electron chi connectivity index (χ0n) is 19.3. The lowest BCUT2D eigenvalue weighted by Gasteiger charge is -2.32. The lowest BCUT2D eigenvalue weighted by atomic mass is 9.94. The van der Waals surface area contributed by atoms with Gasteiger partial charge in [0.2, 0.25) is 0 Å². The summed E-state index contributed by atoms with van der Waals surface area (Å²) in [5.74, 6) is 0.863. The summed E-state index contributed by atoms with van der Waals surface area (Å²) >= 11 is 0. The predicted molar refractivity (Wildman–Crippen MR) is 123 cm³/mol. The second-order valence-electron chi connectivity index (χ2n) is 8.98. The van der Waals surface area contributed by atoms with E-state index in [1.807, 2.05) is 63.2 Å². The standard InChI is InChI=1S/C24H28N6O3/c1-17-13-29(23(31)33-24(2,3)4)12-11-21(17)22-10-5-18(27-28-22)14-32-20-8-6-19(7-9-20)30-16-25-15-26-30/h5-11,15-17H,12-14H2,1-4H3. The summed E-state index contributed by atoms with van der Waals surface area (Å²) in [5, 5.41) is 12.8. The maximum absolute atomic E-state index is 12.3. The minimum absolute atomic E-state index is 0.131. The van der Waals surface area contributed by atoms with Gasteiger partial charge in [0, 0.05) is 19.0 Å². The van der Waals surface area contributed by atoms with Crippen LogP contribution >= 0.6 is 0 Å². The molecule has 0 saturated heterocycles. The lowest BCUT2D eigenvalue weighted by Crippen LogP contribution is -2.41.